The third kappa shape index (κ3) is 4.16. The van der Waals surface area contributed by atoms with Crippen molar-refractivity contribution < 1.29 is 4.74 Å². The van der Waals surface area contributed by atoms with Gasteiger partial charge in [-0.25, -0.2) is 9.67 Å². The average Bonchev–Trinajstić information content (AvgIpc) is 3.83. The molecule has 3 aliphatic rings. The zero-order valence-corrected chi connectivity index (χ0v) is 19.7. The van der Waals surface area contributed by atoms with Crippen LogP contribution in [0.2, 0.25) is 0 Å². The van der Waals surface area contributed by atoms with Gasteiger partial charge in [0.15, 0.2) is 11.6 Å². The van der Waals surface area contributed by atoms with E-state index in [2.05, 4.69) is 35.0 Å². The molecule has 34 heavy (non-hydrogen) atoms. The molecular weight excluding hydrogens is 420 g/mol. The summed E-state index contributed by atoms with van der Waals surface area (Å²) in [5.74, 6) is 3.11. The topological polar surface area (TPSA) is 63.7 Å². The number of hydrogen-bond acceptors (Lipinski definition) is 4. The molecule has 0 saturated heterocycles. The smallest absolute Gasteiger partial charge is 0.181 e. The molecule has 3 fully saturated rings. The molecule has 1 heterocycles. The highest BCUT2D eigenvalue weighted by atomic mass is 16.5. The lowest BCUT2D eigenvalue weighted by Gasteiger charge is -2.43. The molecule has 1 aromatic heterocycles. The fraction of sp³-hybridized carbons (Fsp3) is 0.483. The van der Waals surface area contributed by atoms with Crippen molar-refractivity contribution in [3.05, 3.63) is 72.1 Å². The Morgan fingerprint density at radius 2 is 1.53 bits per heavy atom. The van der Waals surface area contributed by atoms with Gasteiger partial charge in [-0.2, -0.15) is 10.4 Å². The summed E-state index contributed by atoms with van der Waals surface area (Å²) in [5.41, 5.74) is 1.23. The predicted octanol–water partition coefficient (Wildman–Crippen LogP) is 6.01. The molecule has 3 saturated carbocycles. The zero-order chi connectivity index (χ0) is 23.0. The fourth-order valence-electron chi connectivity index (χ4n) is 5.36. The Labute approximate surface area is 201 Å². The SMILES string of the molecule is N#C[C@]1(c2ccccc2)CC[C@@](OCC2CC2)(c2nc(-c3ccccc3)nn2CC2CC2)CC1. The molecule has 0 amide bonds. The van der Waals surface area contributed by atoms with Gasteiger partial charge in [0.2, 0.25) is 0 Å². The van der Waals surface area contributed by atoms with Crippen LogP contribution in [0.5, 0.6) is 0 Å². The third-order valence-corrected chi connectivity index (χ3v) is 7.98. The quantitative estimate of drug-likeness (QED) is 0.420. The van der Waals surface area contributed by atoms with Crippen LogP contribution in [-0.2, 0) is 22.3 Å². The molecule has 0 spiro atoms. The summed E-state index contributed by atoms with van der Waals surface area (Å²) in [4.78, 5) is 5.15. The van der Waals surface area contributed by atoms with Crippen LogP contribution in [0.4, 0.5) is 0 Å². The lowest BCUT2D eigenvalue weighted by molar-refractivity contribution is -0.0965. The van der Waals surface area contributed by atoms with Gasteiger partial charge in [0.05, 0.1) is 18.1 Å². The maximum Gasteiger partial charge on any atom is 0.181 e. The standard InChI is InChI=1S/C29H32N4O/c30-21-28(25-9-5-2-6-10-25)15-17-29(18-16-28,34-20-23-13-14-23)27-31-26(24-7-3-1-4-8-24)32-33(27)19-22-11-12-22/h1-10,22-23H,11-20H2/t28-,29-. The first-order valence-corrected chi connectivity index (χ1v) is 12.8. The van der Waals surface area contributed by atoms with Gasteiger partial charge in [0.1, 0.15) is 5.60 Å². The van der Waals surface area contributed by atoms with E-state index in [1.165, 1.54) is 25.7 Å². The first-order valence-electron chi connectivity index (χ1n) is 12.8. The molecular formula is C29H32N4O. The van der Waals surface area contributed by atoms with E-state index in [1.54, 1.807) is 0 Å². The van der Waals surface area contributed by atoms with Gasteiger partial charge in [-0.05, 0) is 68.8 Å². The number of nitriles is 1. The molecule has 0 N–H and O–H groups in total. The second-order valence-corrected chi connectivity index (χ2v) is 10.6. The van der Waals surface area contributed by atoms with Gasteiger partial charge >= 0.3 is 0 Å². The number of nitrogens with zero attached hydrogens (tertiary/aromatic N) is 4. The molecule has 5 heteroatoms. The van der Waals surface area contributed by atoms with Crippen molar-refractivity contribution in [1.29, 1.82) is 5.26 Å². The molecule has 0 bridgehead atoms. The average molecular weight is 453 g/mol. The molecule has 0 unspecified atom stereocenters. The van der Waals surface area contributed by atoms with Crippen LogP contribution >= 0.6 is 0 Å². The van der Waals surface area contributed by atoms with Crippen molar-refractivity contribution in [2.75, 3.05) is 6.61 Å². The highest BCUT2D eigenvalue weighted by molar-refractivity contribution is 5.54. The Morgan fingerprint density at radius 1 is 0.882 bits per heavy atom. The highest BCUT2D eigenvalue weighted by Gasteiger charge is 2.49. The van der Waals surface area contributed by atoms with Crippen molar-refractivity contribution in [1.82, 2.24) is 14.8 Å². The van der Waals surface area contributed by atoms with E-state index in [0.717, 1.165) is 61.6 Å². The molecule has 0 atom stereocenters. The highest BCUT2D eigenvalue weighted by Crippen LogP contribution is 2.50. The number of rotatable bonds is 8. The maximum absolute atomic E-state index is 10.3. The summed E-state index contributed by atoms with van der Waals surface area (Å²) in [5, 5.41) is 15.3. The number of benzene rings is 2. The first kappa shape index (κ1) is 21.6. The monoisotopic (exact) mass is 452 g/mol. The summed E-state index contributed by atoms with van der Waals surface area (Å²) < 4.78 is 8.96. The normalized spacial score (nSPS) is 26.8. The fourth-order valence-corrected chi connectivity index (χ4v) is 5.36. The Balaban J connectivity index is 1.37. The molecule has 0 aliphatic heterocycles. The number of aromatic nitrogens is 3. The summed E-state index contributed by atoms with van der Waals surface area (Å²) in [7, 11) is 0. The van der Waals surface area contributed by atoms with Gasteiger partial charge in [-0.15, -0.1) is 0 Å². The summed E-state index contributed by atoms with van der Waals surface area (Å²) in [6, 6.07) is 23.3. The summed E-state index contributed by atoms with van der Waals surface area (Å²) in [6.45, 7) is 1.69. The lowest BCUT2D eigenvalue weighted by Crippen LogP contribution is -2.43. The van der Waals surface area contributed by atoms with Crippen LogP contribution in [0, 0.1) is 23.2 Å². The van der Waals surface area contributed by atoms with Crippen LogP contribution in [0.3, 0.4) is 0 Å². The van der Waals surface area contributed by atoms with Crippen LogP contribution in [-0.4, -0.2) is 21.4 Å². The third-order valence-electron chi connectivity index (χ3n) is 7.98. The zero-order valence-electron chi connectivity index (χ0n) is 19.7. The van der Waals surface area contributed by atoms with E-state index in [0.29, 0.717) is 11.8 Å². The van der Waals surface area contributed by atoms with Crippen molar-refractivity contribution >= 4 is 0 Å². The molecule has 6 rings (SSSR count). The van der Waals surface area contributed by atoms with E-state index in [1.807, 2.05) is 36.4 Å². The van der Waals surface area contributed by atoms with Crippen LogP contribution in [0.25, 0.3) is 11.4 Å². The van der Waals surface area contributed by atoms with Gasteiger partial charge in [0.25, 0.3) is 0 Å². The predicted molar refractivity (Wildman–Crippen MR) is 131 cm³/mol. The molecule has 174 valence electrons. The van der Waals surface area contributed by atoms with E-state index < -0.39 is 11.0 Å². The van der Waals surface area contributed by atoms with Crippen LogP contribution in [0.1, 0.15) is 62.8 Å². The van der Waals surface area contributed by atoms with Gasteiger partial charge < -0.3 is 4.74 Å². The van der Waals surface area contributed by atoms with Crippen molar-refractivity contribution in [2.45, 2.75) is 68.9 Å². The minimum absolute atomic E-state index is 0.461. The largest absolute Gasteiger partial charge is 0.367 e. The molecule has 2 aromatic carbocycles. The van der Waals surface area contributed by atoms with Gasteiger partial charge in [0, 0.05) is 12.1 Å². The Bertz CT molecular complexity index is 1160. The first-order chi connectivity index (χ1) is 16.7. The second kappa shape index (κ2) is 8.67. The lowest BCUT2D eigenvalue weighted by atomic mass is 9.65. The van der Waals surface area contributed by atoms with Gasteiger partial charge in [-0.3, -0.25) is 0 Å². The Morgan fingerprint density at radius 3 is 2.15 bits per heavy atom. The van der Waals surface area contributed by atoms with Crippen molar-refractivity contribution in [3.8, 4) is 17.5 Å². The van der Waals surface area contributed by atoms with Crippen molar-refractivity contribution in [2.24, 2.45) is 11.8 Å². The minimum atomic E-state index is -0.480. The Kier molecular flexibility index (Phi) is 5.50. The minimum Gasteiger partial charge on any atom is -0.367 e. The van der Waals surface area contributed by atoms with E-state index >= 15 is 0 Å². The second-order valence-electron chi connectivity index (χ2n) is 10.6. The maximum atomic E-state index is 10.3. The number of ether oxygens (including phenoxy) is 1. The number of hydrogen-bond donors (Lipinski definition) is 0. The van der Waals surface area contributed by atoms with E-state index in [4.69, 9.17) is 14.8 Å². The molecule has 5 nitrogen and oxygen atoms in total. The van der Waals surface area contributed by atoms with Crippen LogP contribution < -0.4 is 0 Å². The molecule has 3 aromatic rings. The summed E-state index contributed by atoms with van der Waals surface area (Å²) in [6.07, 6.45) is 8.17. The Hall–Kier alpha value is -2.97. The van der Waals surface area contributed by atoms with Gasteiger partial charge in [-0.1, -0.05) is 60.7 Å². The van der Waals surface area contributed by atoms with Crippen molar-refractivity contribution in [3.63, 3.8) is 0 Å². The molecule has 0 radical (unpaired) electrons. The van der Waals surface area contributed by atoms with E-state index in [9.17, 15) is 5.26 Å². The van der Waals surface area contributed by atoms with Crippen LogP contribution in [0.15, 0.2) is 60.7 Å². The van der Waals surface area contributed by atoms with E-state index in [-0.39, 0.29) is 0 Å². The molecule has 3 aliphatic carbocycles. The summed E-state index contributed by atoms with van der Waals surface area (Å²) >= 11 is 0.